The van der Waals surface area contributed by atoms with Crippen molar-refractivity contribution in [1.82, 2.24) is 0 Å². The maximum atomic E-state index is 12.1. The van der Waals surface area contributed by atoms with Gasteiger partial charge in [0, 0.05) is 22.0 Å². The number of hydrogen-bond donors (Lipinski definition) is 0. The van der Waals surface area contributed by atoms with Crippen LogP contribution in [0.3, 0.4) is 0 Å². The Bertz CT molecular complexity index is 647. The second kappa shape index (κ2) is 4.42. The zero-order chi connectivity index (χ0) is 12.7. The Kier molecular flexibility index (Phi) is 2.89. The first-order chi connectivity index (χ1) is 8.66. The van der Waals surface area contributed by atoms with Gasteiger partial charge in [0.2, 0.25) is 0 Å². The minimum atomic E-state index is 0.147. The number of ketones is 1. The van der Waals surface area contributed by atoms with Crippen molar-refractivity contribution in [1.29, 1.82) is 0 Å². The molecule has 1 aliphatic rings. The molecular formula is C15H10Cl2O. The highest BCUT2D eigenvalue weighted by Crippen LogP contribution is 2.37. The summed E-state index contributed by atoms with van der Waals surface area (Å²) in [5.74, 6) is 0.147. The van der Waals surface area contributed by atoms with Crippen LogP contribution in [-0.4, -0.2) is 5.78 Å². The van der Waals surface area contributed by atoms with Crippen molar-refractivity contribution in [2.45, 2.75) is 12.8 Å². The third-order valence-electron chi connectivity index (χ3n) is 3.29. The summed E-state index contributed by atoms with van der Waals surface area (Å²) in [6.07, 6.45) is 1.17. The number of hydrogen-bond acceptors (Lipinski definition) is 1. The predicted molar refractivity (Wildman–Crippen MR) is 74.5 cm³/mol. The highest BCUT2D eigenvalue weighted by atomic mass is 35.5. The minimum Gasteiger partial charge on any atom is -0.294 e. The van der Waals surface area contributed by atoms with Crippen LogP contribution in [0.15, 0.2) is 36.4 Å². The van der Waals surface area contributed by atoms with Crippen molar-refractivity contribution in [3.05, 3.63) is 57.6 Å². The van der Waals surface area contributed by atoms with Crippen molar-refractivity contribution in [3.8, 4) is 11.1 Å². The highest BCUT2D eigenvalue weighted by Gasteiger charge is 2.21. The zero-order valence-electron chi connectivity index (χ0n) is 9.54. The van der Waals surface area contributed by atoms with Gasteiger partial charge in [-0.25, -0.2) is 0 Å². The fourth-order valence-electron chi connectivity index (χ4n) is 2.42. The lowest BCUT2D eigenvalue weighted by molar-refractivity contribution is 0.0984. The summed E-state index contributed by atoms with van der Waals surface area (Å²) in [4.78, 5) is 12.1. The molecule has 0 heterocycles. The fourth-order valence-corrected chi connectivity index (χ4v) is 2.86. The Hall–Kier alpha value is -1.31. The maximum Gasteiger partial charge on any atom is 0.163 e. The Labute approximate surface area is 115 Å². The number of benzene rings is 2. The molecule has 3 rings (SSSR count). The molecule has 0 amide bonds. The quantitative estimate of drug-likeness (QED) is 0.676. The van der Waals surface area contributed by atoms with Gasteiger partial charge in [0.25, 0.3) is 0 Å². The van der Waals surface area contributed by atoms with Crippen LogP contribution in [0, 0.1) is 0 Å². The van der Waals surface area contributed by atoms with Crippen LogP contribution in [0.1, 0.15) is 22.3 Å². The topological polar surface area (TPSA) is 17.1 Å². The summed E-state index contributed by atoms with van der Waals surface area (Å²) in [7, 11) is 0. The molecule has 3 heteroatoms. The van der Waals surface area contributed by atoms with E-state index >= 15 is 0 Å². The first-order valence-electron chi connectivity index (χ1n) is 5.77. The van der Waals surface area contributed by atoms with Gasteiger partial charge in [0.05, 0.1) is 0 Å². The number of halogens is 2. The SMILES string of the molecule is O=C1CCc2c(Cl)cccc2-c2cc(Cl)ccc21. The van der Waals surface area contributed by atoms with Gasteiger partial charge in [-0.05, 0) is 47.4 Å². The molecule has 0 aromatic heterocycles. The Balaban J connectivity index is 2.35. The molecule has 2 aromatic carbocycles. The van der Waals surface area contributed by atoms with Gasteiger partial charge in [-0.3, -0.25) is 4.79 Å². The van der Waals surface area contributed by atoms with Gasteiger partial charge in [-0.1, -0.05) is 35.3 Å². The lowest BCUT2D eigenvalue weighted by atomic mass is 9.96. The summed E-state index contributed by atoms with van der Waals surface area (Å²) in [6.45, 7) is 0. The second-order valence-electron chi connectivity index (χ2n) is 4.38. The van der Waals surface area contributed by atoms with E-state index in [0.717, 1.165) is 22.3 Å². The van der Waals surface area contributed by atoms with E-state index in [1.165, 1.54) is 0 Å². The molecule has 1 aliphatic carbocycles. The molecule has 0 fully saturated rings. The molecule has 0 saturated heterocycles. The Morgan fingerprint density at radius 2 is 1.72 bits per heavy atom. The molecule has 0 spiro atoms. The lowest BCUT2D eigenvalue weighted by Gasteiger charge is -2.10. The van der Waals surface area contributed by atoms with Gasteiger partial charge in [0.15, 0.2) is 5.78 Å². The minimum absolute atomic E-state index is 0.147. The van der Waals surface area contributed by atoms with E-state index in [1.54, 1.807) is 12.1 Å². The van der Waals surface area contributed by atoms with E-state index in [-0.39, 0.29) is 5.78 Å². The van der Waals surface area contributed by atoms with Crippen LogP contribution in [-0.2, 0) is 6.42 Å². The van der Waals surface area contributed by atoms with Crippen LogP contribution < -0.4 is 0 Å². The Morgan fingerprint density at radius 3 is 2.56 bits per heavy atom. The van der Waals surface area contributed by atoms with Crippen molar-refractivity contribution < 1.29 is 4.79 Å². The van der Waals surface area contributed by atoms with Crippen molar-refractivity contribution >= 4 is 29.0 Å². The summed E-state index contributed by atoms with van der Waals surface area (Å²) < 4.78 is 0. The molecule has 0 atom stereocenters. The van der Waals surface area contributed by atoms with Gasteiger partial charge in [-0.15, -0.1) is 0 Å². The molecule has 2 aromatic rings. The van der Waals surface area contributed by atoms with Gasteiger partial charge < -0.3 is 0 Å². The van der Waals surface area contributed by atoms with Gasteiger partial charge >= 0.3 is 0 Å². The first-order valence-corrected chi connectivity index (χ1v) is 6.53. The third-order valence-corrected chi connectivity index (χ3v) is 3.88. The second-order valence-corrected chi connectivity index (χ2v) is 5.22. The molecule has 0 unspecified atom stereocenters. The normalized spacial score (nSPS) is 13.8. The lowest BCUT2D eigenvalue weighted by Crippen LogP contribution is -1.99. The van der Waals surface area contributed by atoms with Crippen LogP contribution in [0.5, 0.6) is 0 Å². The molecular weight excluding hydrogens is 267 g/mol. The summed E-state index contributed by atoms with van der Waals surface area (Å²) in [5, 5.41) is 1.35. The monoisotopic (exact) mass is 276 g/mol. The summed E-state index contributed by atoms with van der Waals surface area (Å²) in [6, 6.07) is 11.2. The van der Waals surface area contributed by atoms with E-state index in [9.17, 15) is 4.79 Å². The third kappa shape index (κ3) is 1.84. The average Bonchev–Trinajstić information content (AvgIpc) is 2.49. The van der Waals surface area contributed by atoms with E-state index in [1.807, 2.05) is 24.3 Å². The van der Waals surface area contributed by atoms with E-state index in [2.05, 4.69) is 0 Å². The number of Topliss-reactive ketones (excluding diaryl/α,β-unsaturated/α-hetero) is 1. The molecule has 0 saturated carbocycles. The smallest absolute Gasteiger partial charge is 0.163 e. The number of carbonyl (C=O) groups excluding carboxylic acids is 1. The number of rotatable bonds is 0. The number of carbonyl (C=O) groups is 1. The predicted octanol–water partition coefficient (Wildman–Crippen LogP) is 4.79. The van der Waals surface area contributed by atoms with Crippen LogP contribution in [0.25, 0.3) is 11.1 Å². The molecule has 0 N–H and O–H groups in total. The molecule has 0 radical (unpaired) electrons. The maximum absolute atomic E-state index is 12.1. The van der Waals surface area contributed by atoms with Crippen molar-refractivity contribution in [2.24, 2.45) is 0 Å². The average molecular weight is 277 g/mol. The van der Waals surface area contributed by atoms with Gasteiger partial charge in [0.1, 0.15) is 0 Å². The molecule has 18 heavy (non-hydrogen) atoms. The van der Waals surface area contributed by atoms with Crippen LogP contribution in [0.2, 0.25) is 10.0 Å². The fraction of sp³-hybridized carbons (Fsp3) is 0.133. The summed E-state index contributed by atoms with van der Waals surface area (Å²) in [5.41, 5.74) is 3.68. The van der Waals surface area contributed by atoms with Crippen LogP contribution >= 0.6 is 23.2 Å². The van der Waals surface area contributed by atoms with E-state index in [4.69, 9.17) is 23.2 Å². The number of fused-ring (bicyclic) bond motifs is 3. The largest absolute Gasteiger partial charge is 0.294 e. The van der Waals surface area contributed by atoms with E-state index < -0.39 is 0 Å². The van der Waals surface area contributed by atoms with E-state index in [0.29, 0.717) is 22.9 Å². The standard InChI is InChI=1S/C15H10Cl2O/c16-9-4-5-12-13(8-9)10-2-1-3-14(17)11(10)6-7-15(12)18/h1-5,8H,6-7H2. The molecule has 0 aliphatic heterocycles. The Morgan fingerprint density at radius 1 is 0.889 bits per heavy atom. The zero-order valence-corrected chi connectivity index (χ0v) is 11.1. The summed E-state index contributed by atoms with van der Waals surface area (Å²) >= 11 is 12.3. The van der Waals surface area contributed by atoms with Crippen molar-refractivity contribution in [2.75, 3.05) is 0 Å². The van der Waals surface area contributed by atoms with Gasteiger partial charge in [-0.2, -0.15) is 0 Å². The highest BCUT2D eigenvalue weighted by molar-refractivity contribution is 6.32. The first kappa shape index (κ1) is 11.8. The molecule has 1 nitrogen and oxygen atoms in total. The molecule has 90 valence electrons. The molecule has 0 bridgehead atoms. The van der Waals surface area contributed by atoms with Crippen LogP contribution in [0.4, 0.5) is 0 Å². The van der Waals surface area contributed by atoms with Crippen molar-refractivity contribution in [3.63, 3.8) is 0 Å².